The molecule has 8 heteroatoms. The standard InChI is InChI=1S/C20H24FN5O2/c1-20(2,3)28-19(27)25-15-7-9-26(10-8-15)18-16(21)5-4-6-17(18)24-13-14(11-22)12-23/h4-6,13,15,24H,7-10H2,1-3H3,(H,25,27). The Hall–Kier alpha value is -3.26. The third-order valence-corrected chi connectivity index (χ3v) is 4.13. The number of allylic oxidation sites excluding steroid dienone is 1. The van der Waals surface area contributed by atoms with Gasteiger partial charge in [0.2, 0.25) is 0 Å². The van der Waals surface area contributed by atoms with Gasteiger partial charge in [0.25, 0.3) is 0 Å². The van der Waals surface area contributed by atoms with E-state index in [0.29, 0.717) is 37.3 Å². The van der Waals surface area contributed by atoms with Crippen molar-refractivity contribution in [2.75, 3.05) is 23.3 Å². The number of halogens is 1. The number of benzene rings is 1. The Morgan fingerprint density at radius 3 is 2.50 bits per heavy atom. The van der Waals surface area contributed by atoms with Crippen LogP contribution in [0.2, 0.25) is 0 Å². The molecule has 0 radical (unpaired) electrons. The highest BCUT2D eigenvalue weighted by molar-refractivity contribution is 5.72. The highest BCUT2D eigenvalue weighted by Gasteiger charge is 2.26. The number of carbonyl (C=O) groups is 1. The van der Waals surface area contributed by atoms with Crippen molar-refractivity contribution in [1.82, 2.24) is 5.32 Å². The maximum atomic E-state index is 14.5. The van der Waals surface area contributed by atoms with Gasteiger partial charge < -0.3 is 20.3 Å². The van der Waals surface area contributed by atoms with Crippen LogP contribution < -0.4 is 15.5 Å². The molecule has 0 spiro atoms. The van der Waals surface area contributed by atoms with Gasteiger partial charge in [0.1, 0.15) is 29.1 Å². The zero-order valence-corrected chi connectivity index (χ0v) is 16.3. The number of nitrogens with zero attached hydrogens (tertiary/aromatic N) is 3. The fourth-order valence-corrected chi connectivity index (χ4v) is 2.91. The summed E-state index contributed by atoms with van der Waals surface area (Å²) in [4.78, 5) is 13.8. The van der Waals surface area contributed by atoms with Gasteiger partial charge in [-0.05, 0) is 45.7 Å². The van der Waals surface area contributed by atoms with Crippen LogP contribution in [0.4, 0.5) is 20.6 Å². The van der Waals surface area contributed by atoms with E-state index in [2.05, 4.69) is 10.6 Å². The minimum atomic E-state index is -0.558. The van der Waals surface area contributed by atoms with Crippen LogP contribution >= 0.6 is 0 Å². The van der Waals surface area contributed by atoms with Gasteiger partial charge in [-0.3, -0.25) is 0 Å². The van der Waals surface area contributed by atoms with Crippen LogP contribution in [0.3, 0.4) is 0 Å². The number of para-hydroxylation sites is 1. The van der Waals surface area contributed by atoms with Crippen molar-refractivity contribution in [2.24, 2.45) is 0 Å². The second kappa shape index (κ2) is 9.09. The number of nitrogens with one attached hydrogen (secondary N) is 2. The van der Waals surface area contributed by atoms with E-state index in [1.165, 1.54) is 12.3 Å². The van der Waals surface area contributed by atoms with E-state index in [0.717, 1.165) is 0 Å². The lowest BCUT2D eigenvalue weighted by molar-refractivity contribution is 0.0497. The van der Waals surface area contributed by atoms with Crippen molar-refractivity contribution in [3.63, 3.8) is 0 Å². The number of hydrogen-bond acceptors (Lipinski definition) is 6. The second-order valence-corrected chi connectivity index (χ2v) is 7.47. The first-order valence-corrected chi connectivity index (χ1v) is 9.03. The normalized spacial score (nSPS) is 14.4. The fraction of sp³-hybridized carbons (Fsp3) is 0.450. The highest BCUT2D eigenvalue weighted by atomic mass is 19.1. The molecule has 0 aromatic heterocycles. The lowest BCUT2D eigenvalue weighted by atomic mass is 10.0. The van der Waals surface area contributed by atoms with Gasteiger partial charge in [-0.2, -0.15) is 10.5 Å². The minimum absolute atomic E-state index is 0.0436. The molecule has 0 aliphatic carbocycles. The number of ether oxygens (including phenoxy) is 1. The second-order valence-electron chi connectivity index (χ2n) is 7.47. The van der Waals surface area contributed by atoms with Crippen molar-refractivity contribution in [3.8, 4) is 12.1 Å². The fourth-order valence-electron chi connectivity index (χ4n) is 2.91. The van der Waals surface area contributed by atoms with Gasteiger partial charge in [-0.15, -0.1) is 0 Å². The Morgan fingerprint density at radius 1 is 1.29 bits per heavy atom. The topological polar surface area (TPSA) is 101 Å². The molecule has 1 amide bonds. The zero-order valence-electron chi connectivity index (χ0n) is 16.3. The summed E-state index contributed by atoms with van der Waals surface area (Å²) in [5, 5.41) is 23.4. The van der Waals surface area contributed by atoms with Gasteiger partial charge in [0.15, 0.2) is 0 Å². The Labute approximate surface area is 164 Å². The third kappa shape index (κ3) is 5.88. The maximum absolute atomic E-state index is 14.5. The number of piperidine rings is 1. The summed E-state index contributed by atoms with van der Waals surface area (Å²) in [6.07, 6.45) is 2.09. The van der Waals surface area contributed by atoms with Crippen LogP contribution in [0.5, 0.6) is 0 Å². The number of hydrogen-bond donors (Lipinski definition) is 2. The summed E-state index contributed by atoms with van der Waals surface area (Å²) in [5.41, 5.74) is 0.194. The minimum Gasteiger partial charge on any atom is -0.444 e. The number of alkyl carbamates (subject to hydrolysis) is 1. The Morgan fingerprint density at radius 2 is 1.93 bits per heavy atom. The molecule has 2 rings (SSSR count). The summed E-state index contributed by atoms with van der Waals surface area (Å²) >= 11 is 0. The van der Waals surface area contributed by atoms with Crippen molar-refractivity contribution in [2.45, 2.75) is 45.3 Å². The maximum Gasteiger partial charge on any atom is 0.407 e. The smallest absolute Gasteiger partial charge is 0.407 e. The van der Waals surface area contributed by atoms with E-state index >= 15 is 0 Å². The molecule has 0 bridgehead atoms. The highest BCUT2D eigenvalue weighted by Crippen LogP contribution is 2.31. The van der Waals surface area contributed by atoms with E-state index in [1.807, 2.05) is 4.90 Å². The zero-order chi connectivity index (χ0) is 20.7. The summed E-state index contributed by atoms with van der Waals surface area (Å²) in [6, 6.07) is 8.08. The van der Waals surface area contributed by atoms with Crippen LogP contribution in [0, 0.1) is 28.5 Å². The van der Waals surface area contributed by atoms with Crippen LogP contribution in [0.15, 0.2) is 30.0 Å². The molecule has 1 aliphatic rings. The van der Waals surface area contributed by atoms with Gasteiger partial charge in [0, 0.05) is 25.3 Å². The molecule has 7 nitrogen and oxygen atoms in total. The SMILES string of the molecule is CC(C)(C)OC(=O)NC1CCN(c2c(F)cccc2NC=C(C#N)C#N)CC1. The van der Waals surface area contributed by atoms with Gasteiger partial charge in [0.05, 0.1) is 11.4 Å². The van der Waals surface area contributed by atoms with E-state index in [4.69, 9.17) is 15.3 Å². The van der Waals surface area contributed by atoms with Crippen molar-refractivity contribution in [1.29, 1.82) is 10.5 Å². The molecule has 1 aromatic carbocycles. The molecule has 0 saturated carbocycles. The summed E-state index contributed by atoms with van der Waals surface area (Å²) < 4.78 is 19.8. The van der Waals surface area contributed by atoms with Crippen molar-refractivity contribution >= 4 is 17.5 Å². The quantitative estimate of drug-likeness (QED) is 0.767. The van der Waals surface area contributed by atoms with Crippen LogP contribution in [-0.2, 0) is 4.74 Å². The summed E-state index contributed by atoms with van der Waals surface area (Å²) in [5.74, 6) is -0.396. The van der Waals surface area contributed by atoms with E-state index in [9.17, 15) is 9.18 Å². The van der Waals surface area contributed by atoms with Gasteiger partial charge in [-0.1, -0.05) is 6.07 Å². The van der Waals surface area contributed by atoms with Gasteiger partial charge in [-0.25, -0.2) is 9.18 Å². The molecule has 1 aliphatic heterocycles. The Balaban J connectivity index is 2.04. The molecule has 2 N–H and O–H groups in total. The number of rotatable bonds is 4. The lowest BCUT2D eigenvalue weighted by Gasteiger charge is -2.35. The first-order valence-electron chi connectivity index (χ1n) is 9.03. The average molecular weight is 385 g/mol. The molecule has 1 saturated heterocycles. The molecular formula is C20H24FN5O2. The van der Waals surface area contributed by atoms with E-state index in [1.54, 1.807) is 45.0 Å². The molecular weight excluding hydrogens is 361 g/mol. The number of amides is 1. The lowest BCUT2D eigenvalue weighted by Crippen LogP contribution is -2.46. The molecule has 1 aromatic rings. The number of nitriles is 2. The number of carbonyl (C=O) groups excluding carboxylic acids is 1. The monoisotopic (exact) mass is 385 g/mol. The first-order chi connectivity index (χ1) is 13.2. The van der Waals surface area contributed by atoms with Crippen molar-refractivity contribution < 1.29 is 13.9 Å². The molecule has 1 fully saturated rings. The summed E-state index contributed by atoms with van der Waals surface area (Å²) in [7, 11) is 0. The molecule has 0 unspecified atom stereocenters. The molecule has 148 valence electrons. The average Bonchev–Trinajstić information content (AvgIpc) is 2.62. The largest absolute Gasteiger partial charge is 0.444 e. The van der Waals surface area contributed by atoms with Gasteiger partial charge >= 0.3 is 6.09 Å². The number of anilines is 2. The van der Waals surface area contributed by atoms with E-state index in [-0.39, 0.29) is 11.6 Å². The van der Waals surface area contributed by atoms with Crippen LogP contribution in [0.1, 0.15) is 33.6 Å². The predicted octanol–water partition coefficient (Wildman–Crippen LogP) is 3.66. The summed E-state index contributed by atoms with van der Waals surface area (Å²) in [6.45, 7) is 6.51. The van der Waals surface area contributed by atoms with Crippen LogP contribution in [0.25, 0.3) is 0 Å². The molecule has 1 heterocycles. The predicted molar refractivity (Wildman–Crippen MR) is 104 cm³/mol. The Kier molecular flexibility index (Phi) is 6.84. The first kappa shape index (κ1) is 21.0. The van der Waals surface area contributed by atoms with Crippen LogP contribution in [-0.4, -0.2) is 30.8 Å². The molecule has 0 atom stereocenters. The Bertz CT molecular complexity index is 808. The molecule has 28 heavy (non-hydrogen) atoms. The third-order valence-electron chi connectivity index (χ3n) is 4.13. The van der Waals surface area contributed by atoms with E-state index < -0.39 is 17.5 Å². The van der Waals surface area contributed by atoms with Crippen molar-refractivity contribution in [3.05, 3.63) is 35.8 Å².